The minimum atomic E-state index is -0.118. The van der Waals surface area contributed by atoms with Gasteiger partial charge in [-0.05, 0) is 35.2 Å². The van der Waals surface area contributed by atoms with Crippen molar-refractivity contribution in [3.63, 3.8) is 0 Å². The quantitative estimate of drug-likeness (QED) is 0.655. The second kappa shape index (κ2) is 7.32. The molecule has 3 aromatic rings. The summed E-state index contributed by atoms with van der Waals surface area (Å²) < 4.78 is 25.8. The van der Waals surface area contributed by atoms with Gasteiger partial charge in [-0.15, -0.1) is 0 Å². The third-order valence-corrected chi connectivity index (χ3v) is 4.00. The minimum Gasteiger partial charge on any atom is -0.504 e. The molecule has 0 amide bonds. The Kier molecular flexibility index (Phi) is 4.93. The SMILES string of the molecule is COc1ccc(-c2c(-c3cc(OC)c(OC)c(OC)c3)no[n+]2[O-])cc1O. The van der Waals surface area contributed by atoms with Gasteiger partial charge in [-0.2, -0.15) is 0 Å². The Hall–Kier alpha value is -3.62. The fraction of sp³-hybridized carbons (Fsp3) is 0.222. The summed E-state index contributed by atoms with van der Waals surface area (Å²) in [4.78, 5) is 0.264. The highest BCUT2D eigenvalue weighted by molar-refractivity contribution is 5.79. The molecular formula is C18H18N2O7. The maximum Gasteiger partial charge on any atom is 0.256 e. The standard InChI is InChI=1S/C18H18N2O7/c1-23-13-6-5-10(7-12(13)21)17-16(19-27-20(17)22)11-8-14(24-2)18(26-4)15(9-11)25-3/h5-9,21H,1-4H3. The average Bonchev–Trinajstić information content (AvgIpc) is 3.08. The van der Waals surface area contributed by atoms with E-state index in [1.165, 1.54) is 40.6 Å². The summed E-state index contributed by atoms with van der Waals surface area (Å²) in [6.07, 6.45) is 0. The van der Waals surface area contributed by atoms with Crippen LogP contribution < -0.4 is 23.9 Å². The van der Waals surface area contributed by atoms with Crippen molar-refractivity contribution in [2.45, 2.75) is 0 Å². The van der Waals surface area contributed by atoms with Gasteiger partial charge in [-0.25, -0.2) is 0 Å². The molecule has 1 aromatic heterocycles. The number of nitrogens with zero attached hydrogens (tertiary/aromatic N) is 2. The van der Waals surface area contributed by atoms with Crippen LogP contribution in [0.1, 0.15) is 0 Å². The number of aromatic hydroxyl groups is 1. The van der Waals surface area contributed by atoms with Gasteiger partial charge in [0.05, 0.1) is 28.4 Å². The summed E-state index contributed by atoms with van der Waals surface area (Å²) in [6, 6.07) is 7.83. The van der Waals surface area contributed by atoms with E-state index in [9.17, 15) is 10.3 Å². The van der Waals surface area contributed by atoms with Gasteiger partial charge in [0.15, 0.2) is 23.0 Å². The molecule has 0 atom stereocenters. The molecule has 0 aliphatic rings. The van der Waals surface area contributed by atoms with Gasteiger partial charge in [0, 0.05) is 16.3 Å². The Labute approximate surface area is 154 Å². The summed E-state index contributed by atoms with van der Waals surface area (Å²) in [7, 11) is 5.90. The molecule has 0 unspecified atom stereocenters. The number of aromatic nitrogens is 2. The van der Waals surface area contributed by atoms with Crippen molar-refractivity contribution in [2.75, 3.05) is 28.4 Å². The van der Waals surface area contributed by atoms with Crippen LogP contribution in [-0.2, 0) is 0 Å². The first kappa shape index (κ1) is 18.2. The van der Waals surface area contributed by atoms with Crippen LogP contribution in [0.4, 0.5) is 0 Å². The Morgan fingerprint density at radius 2 is 1.52 bits per heavy atom. The first-order valence-electron chi connectivity index (χ1n) is 7.81. The number of benzene rings is 2. The van der Waals surface area contributed by atoms with E-state index in [-0.39, 0.29) is 27.8 Å². The average molecular weight is 374 g/mol. The summed E-state index contributed by atoms with van der Waals surface area (Å²) >= 11 is 0. The van der Waals surface area contributed by atoms with E-state index >= 15 is 0 Å². The maximum absolute atomic E-state index is 12.2. The highest BCUT2D eigenvalue weighted by atomic mass is 16.8. The van der Waals surface area contributed by atoms with Crippen LogP contribution in [0.2, 0.25) is 0 Å². The number of ether oxygens (including phenoxy) is 4. The number of phenols is 1. The molecule has 0 saturated carbocycles. The van der Waals surface area contributed by atoms with Crippen LogP contribution in [0, 0.1) is 5.21 Å². The molecule has 9 heteroatoms. The van der Waals surface area contributed by atoms with Gasteiger partial charge in [0.1, 0.15) is 0 Å². The highest BCUT2D eigenvalue weighted by Crippen LogP contribution is 2.42. The van der Waals surface area contributed by atoms with E-state index in [2.05, 4.69) is 5.16 Å². The van der Waals surface area contributed by atoms with Gasteiger partial charge in [-0.1, -0.05) is 0 Å². The summed E-state index contributed by atoms with van der Waals surface area (Å²) in [5, 5.41) is 26.1. The molecule has 0 aliphatic heterocycles. The van der Waals surface area contributed by atoms with E-state index in [1.54, 1.807) is 18.2 Å². The Morgan fingerprint density at radius 1 is 0.889 bits per heavy atom. The third kappa shape index (κ3) is 3.14. The highest BCUT2D eigenvalue weighted by Gasteiger charge is 2.26. The van der Waals surface area contributed by atoms with Crippen molar-refractivity contribution in [1.29, 1.82) is 0 Å². The van der Waals surface area contributed by atoms with E-state index < -0.39 is 0 Å². The number of hydrogen-bond donors (Lipinski definition) is 1. The van der Waals surface area contributed by atoms with Crippen molar-refractivity contribution < 1.29 is 33.6 Å². The van der Waals surface area contributed by atoms with Gasteiger partial charge in [0.25, 0.3) is 5.69 Å². The van der Waals surface area contributed by atoms with Crippen molar-refractivity contribution >= 4 is 0 Å². The molecular weight excluding hydrogens is 356 g/mol. The lowest BCUT2D eigenvalue weighted by molar-refractivity contribution is -0.793. The first-order chi connectivity index (χ1) is 13.0. The number of hydrogen-bond acceptors (Lipinski definition) is 8. The molecule has 0 radical (unpaired) electrons. The second-order valence-electron chi connectivity index (χ2n) is 5.43. The number of methoxy groups -OCH3 is 4. The minimum absolute atomic E-state index is 0.113. The molecule has 1 N–H and O–H groups in total. The molecule has 0 fully saturated rings. The molecule has 0 spiro atoms. The lowest BCUT2D eigenvalue weighted by Gasteiger charge is -2.12. The Balaban J connectivity index is 2.19. The predicted octanol–water partition coefficient (Wildman–Crippen LogP) is 2.38. The van der Waals surface area contributed by atoms with Gasteiger partial charge in [0.2, 0.25) is 11.4 Å². The van der Waals surface area contributed by atoms with E-state index in [0.717, 1.165) is 0 Å². The van der Waals surface area contributed by atoms with E-state index in [4.69, 9.17) is 23.6 Å². The number of phenolic OH excluding ortho intramolecular Hbond substituents is 1. The summed E-state index contributed by atoms with van der Waals surface area (Å²) in [5.74, 6) is 1.37. The molecule has 142 valence electrons. The smallest absolute Gasteiger partial charge is 0.256 e. The molecule has 2 aromatic carbocycles. The van der Waals surface area contributed by atoms with Gasteiger partial charge in [-0.3, -0.25) is 4.63 Å². The van der Waals surface area contributed by atoms with E-state index in [1.807, 2.05) is 0 Å². The van der Waals surface area contributed by atoms with Crippen LogP contribution in [0.15, 0.2) is 35.0 Å². The van der Waals surface area contributed by atoms with E-state index in [0.29, 0.717) is 28.4 Å². The molecule has 0 bridgehead atoms. The zero-order valence-corrected chi connectivity index (χ0v) is 15.2. The lowest BCUT2D eigenvalue weighted by Crippen LogP contribution is -2.25. The molecule has 1 heterocycles. The molecule has 27 heavy (non-hydrogen) atoms. The van der Waals surface area contributed by atoms with Crippen LogP contribution in [0.5, 0.6) is 28.7 Å². The fourth-order valence-corrected chi connectivity index (χ4v) is 2.74. The van der Waals surface area contributed by atoms with Crippen molar-refractivity contribution in [3.05, 3.63) is 35.5 Å². The predicted molar refractivity (Wildman–Crippen MR) is 94.2 cm³/mol. The van der Waals surface area contributed by atoms with Gasteiger partial charge < -0.3 is 29.3 Å². The Morgan fingerprint density at radius 3 is 2.04 bits per heavy atom. The van der Waals surface area contributed by atoms with Crippen molar-refractivity contribution in [1.82, 2.24) is 5.16 Å². The molecule has 0 saturated heterocycles. The number of rotatable bonds is 6. The zero-order valence-electron chi connectivity index (χ0n) is 15.2. The Bertz CT molecular complexity index is 943. The maximum atomic E-state index is 12.2. The lowest BCUT2D eigenvalue weighted by atomic mass is 10.0. The summed E-state index contributed by atoms with van der Waals surface area (Å²) in [6.45, 7) is 0. The molecule has 0 aliphatic carbocycles. The second-order valence-corrected chi connectivity index (χ2v) is 5.43. The van der Waals surface area contributed by atoms with Crippen LogP contribution in [0.25, 0.3) is 22.5 Å². The van der Waals surface area contributed by atoms with Crippen LogP contribution >= 0.6 is 0 Å². The largest absolute Gasteiger partial charge is 0.504 e. The van der Waals surface area contributed by atoms with Crippen molar-refractivity contribution in [2.24, 2.45) is 0 Å². The topological polar surface area (TPSA) is 110 Å². The third-order valence-electron chi connectivity index (χ3n) is 4.00. The molecule has 9 nitrogen and oxygen atoms in total. The van der Waals surface area contributed by atoms with Crippen molar-refractivity contribution in [3.8, 4) is 51.3 Å². The fourth-order valence-electron chi connectivity index (χ4n) is 2.74. The summed E-state index contributed by atoms with van der Waals surface area (Å²) in [5.41, 5.74) is 1.26. The monoisotopic (exact) mass is 374 g/mol. The normalized spacial score (nSPS) is 10.5. The van der Waals surface area contributed by atoms with Gasteiger partial charge >= 0.3 is 0 Å². The zero-order chi connectivity index (χ0) is 19.6. The van der Waals surface area contributed by atoms with Crippen LogP contribution in [0.3, 0.4) is 0 Å². The van der Waals surface area contributed by atoms with Crippen LogP contribution in [-0.4, -0.2) is 38.7 Å². The first-order valence-corrected chi connectivity index (χ1v) is 7.81. The molecule has 3 rings (SSSR count).